The van der Waals surface area contributed by atoms with E-state index in [1.165, 1.54) is 25.7 Å². The summed E-state index contributed by atoms with van der Waals surface area (Å²) in [5, 5.41) is 56.7. The lowest BCUT2D eigenvalue weighted by Crippen LogP contribution is -2.58. The molecule has 8 nitrogen and oxygen atoms in total. The lowest BCUT2D eigenvalue weighted by atomic mass is 9.85. The molecule has 0 saturated heterocycles. The fraction of sp³-hybridized carbons (Fsp3) is 0.889. The van der Waals surface area contributed by atoms with Gasteiger partial charge in [0.15, 0.2) is 11.7 Å². The SMILES string of the molecule is CCCCCCCCCCCCC(O)(C(=O)O)C(O)C(O)C(O)C(=O)O. The van der Waals surface area contributed by atoms with Crippen molar-refractivity contribution >= 4 is 11.9 Å². The molecule has 0 rings (SSSR count). The van der Waals surface area contributed by atoms with Crippen molar-refractivity contribution in [3.8, 4) is 0 Å². The Kier molecular flexibility index (Phi) is 12.4. The van der Waals surface area contributed by atoms with Crippen LogP contribution in [0.15, 0.2) is 0 Å². The lowest BCUT2D eigenvalue weighted by Gasteiger charge is -2.32. The van der Waals surface area contributed by atoms with Crippen molar-refractivity contribution in [2.24, 2.45) is 0 Å². The number of aliphatic hydroxyl groups is 4. The number of aliphatic carboxylic acids is 2. The Labute approximate surface area is 154 Å². The van der Waals surface area contributed by atoms with Crippen LogP contribution in [0.5, 0.6) is 0 Å². The van der Waals surface area contributed by atoms with Gasteiger partial charge in [-0.15, -0.1) is 0 Å². The van der Waals surface area contributed by atoms with E-state index in [0.29, 0.717) is 12.8 Å². The molecule has 26 heavy (non-hydrogen) atoms. The average molecular weight is 378 g/mol. The molecule has 0 heterocycles. The normalized spacial score (nSPS) is 17.3. The van der Waals surface area contributed by atoms with Crippen molar-refractivity contribution in [3.63, 3.8) is 0 Å². The molecule has 0 aliphatic rings. The summed E-state index contributed by atoms with van der Waals surface area (Å²) in [6.45, 7) is 2.16. The highest BCUT2D eigenvalue weighted by atomic mass is 16.4. The molecule has 4 atom stereocenters. The van der Waals surface area contributed by atoms with Crippen LogP contribution in [0.1, 0.15) is 77.6 Å². The van der Waals surface area contributed by atoms with Gasteiger partial charge in [-0.2, -0.15) is 0 Å². The van der Waals surface area contributed by atoms with E-state index in [1.807, 2.05) is 0 Å². The molecule has 0 aromatic rings. The molecule has 0 bridgehead atoms. The Morgan fingerprint density at radius 2 is 1.23 bits per heavy atom. The van der Waals surface area contributed by atoms with Gasteiger partial charge in [0, 0.05) is 0 Å². The van der Waals surface area contributed by atoms with E-state index in [0.717, 1.165) is 25.7 Å². The summed E-state index contributed by atoms with van der Waals surface area (Å²) in [5.41, 5.74) is -2.71. The number of hydrogen-bond acceptors (Lipinski definition) is 6. The second-order valence-corrected chi connectivity index (χ2v) is 6.88. The van der Waals surface area contributed by atoms with Crippen molar-refractivity contribution in [1.29, 1.82) is 0 Å². The summed E-state index contributed by atoms with van der Waals surface area (Å²) in [6.07, 6.45) is 2.62. The van der Waals surface area contributed by atoms with E-state index < -0.39 is 35.9 Å². The van der Waals surface area contributed by atoms with Crippen LogP contribution in [0.2, 0.25) is 0 Å². The molecule has 0 saturated carbocycles. The van der Waals surface area contributed by atoms with Crippen molar-refractivity contribution in [1.82, 2.24) is 0 Å². The zero-order valence-electron chi connectivity index (χ0n) is 15.5. The highest BCUT2D eigenvalue weighted by Crippen LogP contribution is 2.24. The van der Waals surface area contributed by atoms with Gasteiger partial charge in [-0.3, -0.25) is 0 Å². The molecule has 0 fully saturated rings. The number of carbonyl (C=O) groups is 2. The fourth-order valence-corrected chi connectivity index (χ4v) is 2.86. The maximum atomic E-state index is 11.3. The summed E-state index contributed by atoms with van der Waals surface area (Å²) >= 11 is 0. The minimum absolute atomic E-state index is 0.297. The van der Waals surface area contributed by atoms with E-state index in [-0.39, 0.29) is 6.42 Å². The zero-order chi connectivity index (χ0) is 20.2. The number of carboxylic acids is 2. The van der Waals surface area contributed by atoms with Crippen LogP contribution in [-0.2, 0) is 9.59 Å². The predicted molar refractivity (Wildman–Crippen MR) is 94.7 cm³/mol. The monoisotopic (exact) mass is 378 g/mol. The van der Waals surface area contributed by atoms with Gasteiger partial charge in [0.1, 0.15) is 12.2 Å². The van der Waals surface area contributed by atoms with Crippen LogP contribution in [0.4, 0.5) is 0 Å². The summed E-state index contributed by atoms with van der Waals surface area (Å²) in [5.74, 6) is -3.58. The summed E-state index contributed by atoms with van der Waals surface area (Å²) in [6, 6.07) is 0. The van der Waals surface area contributed by atoms with Gasteiger partial charge >= 0.3 is 11.9 Å². The molecule has 0 aromatic heterocycles. The van der Waals surface area contributed by atoms with Crippen molar-refractivity contribution < 1.29 is 40.2 Å². The highest BCUT2D eigenvalue weighted by molar-refractivity contribution is 5.79. The van der Waals surface area contributed by atoms with Crippen molar-refractivity contribution in [2.75, 3.05) is 0 Å². The molecule has 6 N–H and O–H groups in total. The first-order valence-electron chi connectivity index (χ1n) is 9.41. The first-order chi connectivity index (χ1) is 12.2. The van der Waals surface area contributed by atoms with Gasteiger partial charge in [-0.1, -0.05) is 64.7 Å². The van der Waals surface area contributed by atoms with Crippen molar-refractivity contribution in [3.05, 3.63) is 0 Å². The summed E-state index contributed by atoms with van der Waals surface area (Å²) in [7, 11) is 0. The number of carboxylic acid groups (broad SMARTS) is 2. The third kappa shape index (κ3) is 8.44. The molecule has 0 spiro atoms. The van der Waals surface area contributed by atoms with Gasteiger partial charge in [-0.25, -0.2) is 9.59 Å². The van der Waals surface area contributed by atoms with Crippen LogP contribution < -0.4 is 0 Å². The minimum Gasteiger partial charge on any atom is -0.479 e. The predicted octanol–water partition coefficient (Wildman–Crippen LogP) is 1.28. The summed E-state index contributed by atoms with van der Waals surface area (Å²) < 4.78 is 0. The average Bonchev–Trinajstić information content (AvgIpc) is 2.60. The van der Waals surface area contributed by atoms with E-state index >= 15 is 0 Å². The second-order valence-electron chi connectivity index (χ2n) is 6.88. The van der Waals surface area contributed by atoms with E-state index in [4.69, 9.17) is 10.2 Å². The molecule has 0 amide bonds. The van der Waals surface area contributed by atoms with Gasteiger partial charge < -0.3 is 30.6 Å². The van der Waals surface area contributed by atoms with Crippen LogP contribution in [-0.4, -0.2) is 66.5 Å². The lowest BCUT2D eigenvalue weighted by molar-refractivity contribution is -0.195. The van der Waals surface area contributed by atoms with Crippen LogP contribution in [0.3, 0.4) is 0 Å². The van der Waals surface area contributed by atoms with Crippen molar-refractivity contribution in [2.45, 2.75) is 101 Å². The molecular formula is C18H34O8. The quantitative estimate of drug-likeness (QED) is 0.219. The Hall–Kier alpha value is -1.22. The Morgan fingerprint density at radius 1 is 0.808 bits per heavy atom. The Bertz CT molecular complexity index is 414. The maximum absolute atomic E-state index is 11.3. The minimum atomic E-state index is -2.71. The largest absolute Gasteiger partial charge is 0.479 e. The highest BCUT2D eigenvalue weighted by Gasteiger charge is 2.49. The third-order valence-electron chi connectivity index (χ3n) is 4.67. The van der Waals surface area contributed by atoms with Crippen LogP contribution in [0, 0.1) is 0 Å². The Balaban J connectivity index is 4.26. The number of unbranched alkanes of at least 4 members (excludes halogenated alkanes) is 9. The summed E-state index contributed by atoms with van der Waals surface area (Å²) in [4.78, 5) is 21.9. The van der Waals surface area contributed by atoms with Gasteiger partial charge in [-0.05, 0) is 12.8 Å². The third-order valence-corrected chi connectivity index (χ3v) is 4.67. The molecule has 0 radical (unpaired) electrons. The van der Waals surface area contributed by atoms with Crippen LogP contribution in [0.25, 0.3) is 0 Å². The molecule has 8 heteroatoms. The fourth-order valence-electron chi connectivity index (χ4n) is 2.86. The number of hydrogen-bond donors (Lipinski definition) is 6. The van der Waals surface area contributed by atoms with E-state index in [1.54, 1.807) is 0 Å². The van der Waals surface area contributed by atoms with Gasteiger partial charge in [0.05, 0.1) is 0 Å². The first kappa shape index (κ1) is 24.8. The van der Waals surface area contributed by atoms with E-state index in [2.05, 4.69) is 6.92 Å². The van der Waals surface area contributed by atoms with Gasteiger partial charge in [0.2, 0.25) is 0 Å². The topological polar surface area (TPSA) is 156 Å². The molecule has 0 aromatic carbocycles. The molecule has 154 valence electrons. The molecular weight excluding hydrogens is 344 g/mol. The molecule has 4 unspecified atom stereocenters. The molecule has 0 aliphatic carbocycles. The number of rotatable bonds is 16. The first-order valence-corrected chi connectivity index (χ1v) is 9.41. The standard InChI is InChI=1S/C18H34O8/c1-2-3-4-5-6-7-8-9-10-11-12-18(26,17(24)25)15(21)13(19)14(20)16(22)23/h13-15,19-21,26H,2-12H2,1H3,(H,22,23)(H,24,25). The second kappa shape index (κ2) is 13.0. The smallest absolute Gasteiger partial charge is 0.338 e. The maximum Gasteiger partial charge on any atom is 0.338 e. The zero-order valence-corrected chi connectivity index (χ0v) is 15.5. The van der Waals surface area contributed by atoms with Gasteiger partial charge in [0.25, 0.3) is 0 Å². The molecule has 0 aliphatic heterocycles. The van der Waals surface area contributed by atoms with E-state index in [9.17, 15) is 30.0 Å². The number of aliphatic hydroxyl groups excluding tert-OH is 3. The van der Waals surface area contributed by atoms with Crippen LogP contribution >= 0.6 is 0 Å². The Morgan fingerprint density at radius 3 is 1.62 bits per heavy atom.